The molecule has 0 atom stereocenters. The fourth-order valence-corrected chi connectivity index (χ4v) is 10.8. The molecule has 2 heterocycles. The van der Waals surface area contributed by atoms with Gasteiger partial charge in [-0.2, -0.15) is 0 Å². The molecule has 0 bridgehead atoms. The van der Waals surface area contributed by atoms with Crippen molar-refractivity contribution in [2.24, 2.45) is 0 Å². The molecule has 0 saturated heterocycles. The van der Waals surface area contributed by atoms with Gasteiger partial charge in [0.25, 0.3) is 0 Å². The molecule has 0 aliphatic rings. The summed E-state index contributed by atoms with van der Waals surface area (Å²) in [5.41, 5.74) is 13.3. The molecule has 3 heteroatoms. The fourth-order valence-electron chi connectivity index (χ4n) is 8.33. The molecule has 0 amide bonds. The number of hydrogen-bond acceptors (Lipinski definition) is 3. The molecule has 0 fully saturated rings. The first-order chi connectivity index (χ1) is 28.3. The Labute approximate surface area is 340 Å². The number of thiophene rings is 2. The van der Waals surface area contributed by atoms with Gasteiger partial charge >= 0.3 is 0 Å². The van der Waals surface area contributed by atoms with Crippen molar-refractivity contribution < 1.29 is 0 Å². The normalized spacial score (nSPS) is 11.5. The Kier molecular flexibility index (Phi) is 8.28. The van der Waals surface area contributed by atoms with E-state index >= 15 is 0 Å². The van der Waals surface area contributed by atoms with Gasteiger partial charge in [0, 0.05) is 41.3 Å². The third-order valence-electron chi connectivity index (χ3n) is 11.1. The van der Waals surface area contributed by atoms with Crippen molar-refractivity contribution in [2.75, 3.05) is 4.90 Å². The summed E-state index contributed by atoms with van der Waals surface area (Å²) >= 11 is 3.77. The van der Waals surface area contributed by atoms with Crippen molar-refractivity contribution in [3.05, 3.63) is 212 Å². The molecule has 0 N–H and O–H groups in total. The molecule has 0 saturated carbocycles. The van der Waals surface area contributed by atoms with Gasteiger partial charge in [0.05, 0.1) is 16.1 Å². The third kappa shape index (κ3) is 5.91. The molecule has 268 valence electrons. The van der Waals surface area contributed by atoms with E-state index in [-0.39, 0.29) is 0 Å². The number of hydrogen-bond donors (Lipinski definition) is 0. The Balaban J connectivity index is 1.15. The maximum absolute atomic E-state index is 2.52. The summed E-state index contributed by atoms with van der Waals surface area (Å²) in [5.74, 6) is 0. The second kappa shape index (κ2) is 14.1. The van der Waals surface area contributed by atoms with Crippen LogP contribution in [0.5, 0.6) is 0 Å². The Morgan fingerprint density at radius 3 is 1.60 bits per heavy atom. The van der Waals surface area contributed by atoms with E-state index in [4.69, 9.17) is 0 Å². The predicted octanol–water partition coefficient (Wildman–Crippen LogP) is 16.6. The zero-order chi connectivity index (χ0) is 37.7. The number of nitrogens with zero attached hydrogens (tertiary/aromatic N) is 1. The zero-order valence-electron chi connectivity index (χ0n) is 31.0. The summed E-state index contributed by atoms with van der Waals surface area (Å²) in [7, 11) is 0. The van der Waals surface area contributed by atoms with Gasteiger partial charge < -0.3 is 4.90 Å². The molecule has 0 unspecified atom stereocenters. The molecule has 0 spiro atoms. The van der Waals surface area contributed by atoms with Crippen LogP contribution < -0.4 is 4.90 Å². The van der Waals surface area contributed by atoms with Crippen molar-refractivity contribution in [3.8, 4) is 44.5 Å². The van der Waals surface area contributed by atoms with Crippen molar-refractivity contribution >= 4 is 80.1 Å². The lowest BCUT2D eigenvalue weighted by Crippen LogP contribution is -2.10. The van der Waals surface area contributed by atoms with Crippen LogP contribution in [0.4, 0.5) is 17.1 Å². The van der Waals surface area contributed by atoms with Gasteiger partial charge in [-0.05, 0) is 80.9 Å². The second-order valence-electron chi connectivity index (χ2n) is 14.5. The van der Waals surface area contributed by atoms with Crippen LogP contribution in [0.15, 0.2) is 212 Å². The van der Waals surface area contributed by atoms with Gasteiger partial charge in [-0.25, -0.2) is 0 Å². The van der Waals surface area contributed by atoms with Crippen LogP contribution in [0.25, 0.3) is 84.9 Å². The van der Waals surface area contributed by atoms with E-state index in [2.05, 4.69) is 217 Å². The second-order valence-corrected chi connectivity index (χ2v) is 16.6. The smallest absolute Gasteiger partial charge is 0.0640 e. The zero-order valence-corrected chi connectivity index (χ0v) is 32.6. The third-order valence-corrected chi connectivity index (χ3v) is 13.5. The van der Waals surface area contributed by atoms with Crippen LogP contribution in [-0.2, 0) is 0 Å². The van der Waals surface area contributed by atoms with Gasteiger partial charge in [0.2, 0.25) is 0 Å². The minimum atomic E-state index is 1.12. The van der Waals surface area contributed by atoms with Crippen LogP contribution in [-0.4, -0.2) is 0 Å². The summed E-state index contributed by atoms with van der Waals surface area (Å²) in [4.78, 5) is 2.52. The molecule has 11 aromatic rings. The van der Waals surface area contributed by atoms with Crippen molar-refractivity contribution in [1.29, 1.82) is 0 Å². The summed E-state index contributed by atoms with van der Waals surface area (Å²) < 4.78 is 5.15. The first kappa shape index (κ1) is 33.5. The average molecular weight is 762 g/mol. The number of rotatable bonds is 7. The van der Waals surface area contributed by atoms with Crippen molar-refractivity contribution in [1.82, 2.24) is 0 Å². The Hall–Kier alpha value is -6.78. The monoisotopic (exact) mass is 761 g/mol. The lowest BCUT2D eigenvalue weighted by atomic mass is 9.98. The van der Waals surface area contributed by atoms with Gasteiger partial charge in [-0.1, -0.05) is 176 Å². The van der Waals surface area contributed by atoms with Crippen LogP contribution in [0.2, 0.25) is 0 Å². The first-order valence-corrected chi connectivity index (χ1v) is 21.0. The Morgan fingerprint density at radius 2 is 0.842 bits per heavy atom. The molecular formula is C54H35NS2. The SMILES string of the molecule is c1ccc(-c2ccc(-c3cccc(N(c4cccc5c4sc4cc(-c6ccccc6)ccc45)c4ccc(-c5ccccc5)c5sc6ccccc6c45)c3)cc2)cc1. The van der Waals surface area contributed by atoms with Crippen molar-refractivity contribution in [3.63, 3.8) is 0 Å². The topological polar surface area (TPSA) is 3.24 Å². The average Bonchev–Trinajstić information content (AvgIpc) is 3.87. The number of fused-ring (bicyclic) bond motifs is 6. The predicted molar refractivity (Wildman–Crippen MR) is 249 cm³/mol. The molecule has 0 aliphatic carbocycles. The quantitative estimate of drug-likeness (QED) is 0.156. The van der Waals surface area contributed by atoms with Crippen LogP contribution >= 0.6 is 22.7 Å². The van der Waals surface area contributed by atoms with Crippen LogP contribution in [0.3, 0.4) is 0 Å². The number of benzene rings is 9. The summed E-state index contributed by atoms with van der Waals surface area (Å²) in [6, 6.07) is 77.5. The molecule has 9 aromatic carbocycles. The van der Waals surface area contributed by atoms with E-state index in [1.807, 2.05) is 22.7 Å². The highest BCUT2D eigenvalue weighted by Gasteiger charge is 2.24. The lowest BCUT2D eigenvalue weighted by molar-refractivity contribution is 1.32. The maximum atomic E-state index is 2.52. The van der Waals surface area contributed by atoms with E-state index in [0.29, 0.717) is 0 Å². The van der Waals surface area contributed by atoms with E-state index in [1.54, 1.807) is 0 Å². The standard InChI is InChI=1S/C54H35NS2/c1-4-14-36(15-5-1)38-26-28-39(29-27-38)41-20-12-21-43(34-41)55(48-33-32-44(40-18-8-3-9-19-40)54-52(48)47-22-10-11-25-50(47)56-54)49-24-13-23-46-45-31-30-42(35-51(45)57-53(46)49)37-16-6-2-7-17-37/h1-35H. The van der Waals surface area contributed by atoms with Gasteiger partial charge in [-0.3, -0.25) is 0 Å². The number of anilines is 3. The fraction of sp³-hybridized carbons (Fsp3) is 0. The Bertz CT molecular complexity index is 3220. The van der Waals surface area contributed by atoms with Gasteiger partial charge in [0.15, 0.2) is 0 Å². The largest absolute Gasteiger partial charge is 0.308 e. The molecule has 2 aromatic heterocycles. The van der Waals surface area contributed by atoms with E-state index in [9.17, 15) is 0 Å². The highest BCUT2D eigenvalue weighted by atomic mass is 32.1. The van der Waals surface area contributed by atoms with E-state index in [1.165, 1.54) is 96.2 Å². The van der Waals surface area contributed by atoms with Gasteiger partial charge in [0.1, 0.15) is 0 Å². The molecule has 11 rings (SSSR count). The van der Waals surface area contributed by atoms with Gasteiger partial charge in [-0.15, -0.1) is 22.7 Å². The van der Waals surface area contributed by atoms with Crippen LogP contribution in [0, 0.1) is 0 Å². The molecule has 0 aliphatic heterocycles. The van der Waals surface area contributed by atoms with E-state index in [0.717, 1.165) is 5.69 Å². The Morgan fingerprint density at radius 1 is 0.298 bits per heavy atom. The highest BCUT2D eigenvalue weighted by molar-refractivity contribution is 7.27. The molecule has 1 nitrogen and oxygen atoms in total. The van der Waals surface area contributed by atoms with E-state index < -0.39 is 0 Å². The van der Waals surface area contributed by atoms with Crippen LogP contribution in [0.1, 0.15) is 0 Å². The molecule has 57 heavy (non-hydrogen) atoms. The molecule has 0 radical (unpaired) electrons. The minimum Gasteiger partial charge on any atom is -0.308 e. The lowest BCUT2D eigenvalue weighted by Gasteiger charge is -2.28. The summed E-state index contributed by atoms with van der Waals surface area (Å²) in [5, 5.41) is 5.12. The molecular weight excluding hydrogens is 727 g/mol. The summed E-state index contributed by atoms with van der Waals surface area (Å²) in [6.07, 6.45) is 0. The first-order valence-electron chi connectivity index (χ1n) is 19.3. The maximum Gasteiger partial charge on any atom is 0.0640 e. The van der Waals surface area contributed by atoms with Crippen molar-refractivity contribution in [2.45, 2.75) is 0 Å². The minimum absolute atomic E-state index is 1.12. The summed E-state index contributed by atoms with van der Waals surface area (Å²) in [6.45, 7) is 0. The highest BCUT2D eigenvalue weighted by Crippen LogP contribution is 2.51.